The van der Waals surface area contributed by atoms with Crippen molar-refractivity contribution < 1.29 is 14.6 Å². The number of benzene rings is 1. The number of aromatic carboxylic acids is 1. The van der Waals surface area contributed by atoms with E-state index in [-0.39, 0.29) is 5.56 Å². The van der Waals surface area contributed by atoms with Crippen LogP contribution in [0.15, 0.2) is 24.3 Å². The fraction of sp³-hybridized carbons (Fsp3) is 0.375. The van der Waals surface area contributed by atoms with Gasteiger partial charge in [-0.3, -0.25) is 0 Å². The van der Waals surface area contributed by atoms with Crippen molar-refractivity contribution >= 4 is 11.8 Å². The molecule has 0 saturated carbocycles. The molecule has 1 aromatic carbocycles. The van der Waals surface area contributed by atoms with Gasteiger partial charge in [0.05, 0.1) is 23.6 Å². The molecule has 0 fully saturated rings. The lowest BCUT2D eigenvalue weighted by molar-refractivity contribution is 0.0697. The molecule has 0 aliphatic carbocycles. The van der Waals surface area contributed by atoms with Gasteiger partial charge in [0.25, 0.3) is 0 Å². The van der Waals surface area contributed by atoms with Gasteiger partial charge >= 0.3 is 5.97 Å². The third-order valence-corrected chi connectivity index (χ3v) is 3.76. The van der Waals surface area contributed by atoms with Crippen LogP contribution in [0.25, 0.3) is 5.69 Å². The van der Waals surface area contributed by atoms with Crippen molar-refractivity contribution in [3.8, 4) is 5.69 Å². The van der Waals surface area contributed by atoms with Crippen LogP contribution in [0.1, 0.15) is 28.5 Å². The van der Waals surface area contributed by atoms with Crippen molar-refractivity contribution in [2.45, 2.75) is 19.8 Å². The zero-order valence-corrected chi connectivity index (χ0v) is 12.5. The van der Waals surface area contributed by atoms with Crippen LogP contribution in [0.3, 0.4) is 0 Å². The standard InChI is InChI=1S/C16H19N3O3/c1-2-22-9-7-14-13-6-8-17-15(13)19(18-14)12-5-3-4-11(10-12)16(20)21/h3-5,10,17H,2,6-9H2,1H3,(H,20,21). The van der Waals surface area contributed by atoms with Gasteiger partial charge in [0.2, 0.25) is 0 Å². The lowest BCUT2D eigenvalue weighted by Gasteiger charge is -2.07. The Kier molecular flexibility index (Phi) is 4.11. The van der Waals surface area contributed by atoms with E-state index in [9.17, 15) is 4.79 Å². The molecule has 2 aromatic rings. The summed E-state index contributed by atoms with van der Waals surface area (Å²) in [6.07, 6.45) is 1.71. The summed E-state index contributed by atoms with van der Waals surface area (Å²) in [4.78, 5) is 11.1. The highest BCUT2D eigenvalue weighted by atomic mass is 16.5. The summed E-state index contributed by atoms with van der Waals surface area (Å²) in [6, 6.07) is 6.83. The molecule has 0 spiro atoms. The molecule has 1 aliphatic rings. The minimum Gasteiger partial charge on any atom is -0.478 e. The Morgan fingerprint density at radius 2 is 2.36 bits per heavy atom. The van der Waals surface area contributed by atoms with Gasteiger partial charge in [-0.15, -0.1) is 0 Å². The van der Waals surface area contributed by atoms with E-state index >= 15 is 0 Å². The number of hydrogen-bond donors (Lipinski definition) is 2. The maximum absolute atomic E-state index is 11.1. The number of aromatic nitrogens is 2. The van der Waals surface area contributed by atoms with Crippen LogP contribution >= 0.6 is 0 Å². The molecular formula is C16H19N3O3. The Balaban J connectivity index is 1.95. The van der Waals surface area contributed by atoms with Crippen molar-refractivity contribution in [3.05, 3.63) is 41.1 Å². The van der Waals surface area contributed by atoms with Gasteiger partial charge in [0.15, 0.2) is 0 Å². The normalized spacial score (nSPS) is 13.0. The number of carboxylic acid groups (broad SMARTS) is 1. The molecule has 1 aliphatic heterocycles. The first-order valence-corrected chi connectivity index (χ1v) is 7.47. The third-order valence-electron chi connectivity index (χ3n) is 3.76. The first kappa shape index (κ1) is 14.6. The minimum atomic E-state index is -0.935. The van der Waals surface area contributed by atoms with Crippen molar-refractivity contribution in [1.29, 1.82) is 0 Å². The lowest BCUT2D eigenvalue weighted by Crippen LogP contribution is -2.07. The molecule has 0 bridgehead atoms. The maximum Gasteiger partial charge on any atom is 0.335 e. The second-order valence-corrected chi connectivity index (χ2v) is 5.16. The van der Waals surface area contributed by atoms with Gasteiger partial charge in [-0.2, -0.15) is 5.10 Å². The van der Waals surface area contributed by atoms with Crippen LogP contribution in [0, 0.1) is 0 Å². The zero-order chi connectivity index (χ0) is 15.5. The van der Waals surface area contributed by atoms with Crippen LogP contribution in [-0.4, -0.2) is 40.6 Å². The van der Waals surface area contributed by atoms with Crippen molar-refractivity contribution in [1.82, 2.24) is 9.78 Å². The number of carbonyl (C=O) groups is 1. The molecule has 2 heterocycles. The fourth-order valence-corrected chi connectivity index (χ4v) is 2.72. The molecule has 6 nitrogen and oxygen atoms in total. The molecule has 22 heavy (non-hydrogen) atoms. The highest BCUT2D eigenvalue weighted by Crippen LogP contribution is 2.29. The Hall–Kier alpha value is -2.34. The molecule has 3 rings (SSSR count). The SMILES string of the molecule is CCOCCc1nn(-c2cccc(C(=O)O)c2)c2c1CCN2. The number of hydrogen-bond acceptors (Lipinski definition) is 4. The molecule has 2 N–H and O–H groups in total. The number of ether oxygens (including phenoxy) is 1. The summed E-state index contributed by atoms with van der Waals surface area (Å²) in [6.45, 7) is 4.20. The van der Waals surface area contributed by atoms with E-state index in [0.29, 0.717) is 13.2 Å². The molecule has 0 amide bonds. The Morgan fingerprint density at radius 1 is 1.50 bits per heavy atom. The van der Waals surface area contributed by atoms with Crippen LogP contribution in [0.2, 0.25) is 0 Å². The van der Waals surface area contributed by atoms with Gasteiger partial charge in [0, 0.05) is 25.1 Å². The number of nitrogens with zero attached hydrogens (tertiary/aromatic N) is 2. The van der Waals surface area contributed by atoms with Crippen molar-refractivity contribution in [3.63, 3.8) is 0 Å². The first-order valence-electron chi connectivity index (χ1n) is 7.47. The molecular weight excluding hydrogens is 282 g/mol. The van der Waals surface area contributed by atoms with Gasteiger partial charge in [-0.1, -0.05) is 6.07 Å². The van der Waals surface area contributed by atoms with Crippen molar-refractivity contribution in [2.24, 2.45) is 0 Å². The van der Waals surface area contributed by atoms with Crippen LogP contribution in [0.5, 0.6) is 0 Å². The van der Waals surface area contributed by atoms with E-state index in [2.05, 4.69) is 10.4 Å². The fourth-order valence-electron chi connectivity index (χ4n) is 2.72. The largest absolute Gasteiger partial charge is 0.478 e. The van der Waals surface area contributed by atoms with Crippen LogP contribution in [-0.2, 0) is 17.6 Å². The second-order valence-electron chi connectivity index (χ2n) is 5.16. The first-order chi connectivity index (χ1) is 10.7. The second kappa shape index (κ2) is 6.19. The average molecular weight is 301 g/mol. The Bertz CT molecular complexity index is 694. The summed E-state index contributed by atoms with van der Waals surface area (Å²) >= 11 is 0. The predicted molar refractivity (Wildman–Crippen MR) is 82.9 cm³/mol. The van der Waals surface area contributed by atoms with Gasteiger partial charge in [-0.25, -0.2) is 9.48 Å². The molecule has 0 atom stereocenters. The molecule has 0 radical (unpaired) electrons. The van der Waals surface area contributed by atoms with Crippen LogP contribution < -0.4 is 5.32 Å². The number of fused-ring (bicyclic) bond motifs is 1. The zero-order valence-electron chi connectivity index (χ0n) is 12.5. The van der Waals surface area contributed by atoms with E-state index in [1.54, 1.807) is 22.9 Å². The van der Waals surface area contributed by atoms with E-state index in [4.69, 9.17) is 9.84 Å². The van der Waals surface area contributed by atoms with E-state index < -0.39 is 5.97 Å². The highest BCUT2D eigenvalue weighted by Gasteiger charge is 2.23. The van der Waals surface area contributed by atoms with Crippen molar-refractivity contribution in [2.75, 3.05) is 25.1 Å². The highest BCUT2D eigenvalue weighted by molar-refractivity contribution is 5.88. The molecule has 0 saturated heterocycles. The summed E-state index contributed by atoms with van der Waals surface area (Å²) in [5, 5.41) is 17.1. The lowest BCUT2D eigenvalue weighted by atomic mass is 10.1. The topological polar surface area (TPSA) is 76.4 Å². The van der Waals surface area contributed by atoms with E-state index in [1.807, 2.05) is 13.0 Å². The number of nitrogens with one attached hydrogen (secondary N) is 1. The maximum atomic E-state index is 11.1. The van der Waals surface area contributed by atoms with Crippen LogP contribution in [0.4, 0.5) is 5.82 Å². The number of carboxylic acids is 1. The molecule has 0 unspecified atom stereocenters. The Morgan fingerprint density at radius 3 is 3.14 bits per heavy atom. The minimum absolute atomic E-state index is 0.260. The average Bonchev–Trinajstić information content (AvgIpc) is 3.11. The molecule has 116 valence electrons. The smallest absolute Gasteiger partial charge is 0.335 e. The summed E-state index contributed by atoms with van der Waals surface area (Å²) in [5.74, 6) is 0.0317. The molecule has 6 heteroatoms. The molecule has 1 aromatic heterocycles. The summed E-state index contributed by atoms with van der Waals surface area (Å²) < 4.78 is 7.22. The third kappa shape index (κ3) is 2.69. The summed E-state index contributed by atoms with van der Waals surface area (Å²) in [5.41, 5.74) is 3.25. The van der Waals surface area contributed by atoms with E-state index in [1.165, 1.54) is 5.56 Å². The Labute approximate surface area is 128 Å². The number of anilines is 1. The summed E-state index contributed by atoms with van der Waals surface area (Å²) in [7, 11) is 0. The predicted octanol–water partition coefficient (Wildman–Crippen LogP) is 2.12. The quantitative estimate of drug-likeness (QED) is 0.799. The number of rotatable bonds is 6. The van der Waals surface area contributed by atoms with Gasteiger partial charge in [0.1, 0.15) is 5.82 Å². The monoisotopic (exact) mass is 301 g/mol. The van der Waals surface area contributed by atoms with Gasteiger partial charge < -0.3 is 15.2 Å². The van der Waals surface area contributed by atoms with E-state index in [0.717, 1.165) is 36.6 Å². The van der Waals surface area contributed by atoms with Gasteiger partial charge in [-0.05, 0) is 31.5 Å².